The third kappa shape index (κ3) is 2.02. The van der Waals surface area contributed by atoms with Crippen LogP contribution in [0.25, 0.3) is 0 Å². The summed E-state index contributed by atoms with van der Waals surface area (Å²) in [6, 6.07) is 0.216. The van der Waals surface area contributed by atoms with Crippen molar-refractivity contribution in [1.29, 1.82) is 0 Å². The monoisotopic (exact) mass is 251 g/mol. The molecule has 104 valence electrons. The number of hydrogen-bond donors (Lipinski definition) is 2. The number of aliphatic hydroxyl groups excluding tert-OH is 1. The van der Waals surface area contributed by atoms with E-state index in [0.29, 0.717) is 16.4 Å². The minimum absolute atomic E-state index is 0.216. The molecule has 4 aliphatic carbocycles. The lowest BCUT2D eigenvalue weighted by atomic mass is 9.42. The van der Waals surface area contributed by atoms with Crippen molar-refractivity contribution in [3.8, 4) is 0 Å². The van der Waals surface area contributed by atoms with E-state index in [0.717, 1.165) is 5.92 Å². The highest BCUT2D eigenvalue weighted by Gasteiger charge is 2.60. The summed E-state index contributed by atoms with van der Waals surface area (Å²) in [7, 11) is 0. The van der Waals surface area contributed by atoms with Crippen LogP contribution in [0.4, 0.5) is 0 Å². The Morgan fingerprint density at radius 3 is 2.00 bits per heavy atom. The zero-order valence-corrected chi connectivity index (χ0v) is 12.4. The van der Waals surface area contributed by atoms with Crippen LogP contribution in [-0.2, 0) is 0 Å². The maximum atomic E-state index is 9.79. The summed E-state index contributed by atoms with van der Waals surface area (Å²) >= 11 is 0. The van der Waals surface area contributed by atoms with Gasteiger partial charge in [0.05, 0.1) is 6.10 Å². The molecule has 0 amide bonds. The van der Waals surface area contributed by atoms with Crippen LogP contribution >= 0.6 is 0 Å². The molecule has 0 aromatic rings. The van der Waals surface area contributed by atoms with Gasteiger partial charge in [0, 0.05) is 11.6 Å². The van der Waals surface area contributed by atoms with Crippen LogP contribution in [0.15, 0.2) is 0 Å². The third-order valence-electron chi connectivity index (χ3n) is 5.88. The fourth-order valence-electron chi connectivity index (χ4n) is 6.21. The average molecular weight is 251 g/mol. The van der Waals surface area contributed by atoms with Crippen LogP contribution in [0.5, 0.6) is 0 Å². The molecular weight excluding hydrogens is 222 g/mol. The van der Waals surface area contributed by atoms with Crippen LogP contribution in [0.2, 0.25) is 0 Å². The van der Waals surface area contributed by atoms with Gasteiger partial charge in [0.2, 0.25) is 0 Å². The topological polar surface area (TPSA) is 32.3 Å². The van der Waals surface area contributed by atoms with E-state index < -0.39 is 0 Å². The Morgan fingerprint density at radius 1 is 1.00 bits per heavy atom. The first kappa shape index (κ1) is 12.9. The van der Waals surface area contributed by atoms with Crippen molar-refractivity contribution in [2.75, 3.05) is 0 Å². The molecule has 0 aromatic carbocycles. The van der Waals surface area contributed by atoms with E-state index in [-0.39, 0.29) is 12.1 Å². The maximum Gasteiger partial charge on any atom is 0.0662 e. The molecular formula is C16H29NO. The Hall–Kier alpha value is -0.0800. The standard InChI is InChI=1S/C16H29NO/c1-11(12(2)18)17-16-7-13-5-14(3,9-16)8-15(4,6-13)10-16/h11-13,17-18H,5-10H2,1-4H3. The van der Waals surface area contributed by atoms with Gasteiger partial charge in [-0.3, -0.25) is 0 Å². The molecule has 0 heterocycles. The second-order valence-corrected chi connectivity index (χ2v) is 8.58. The third-order valence-corrected chi connectivity index (χ3v) is 5.88. The average Bonchev–Trinajstić information content (AvgIpc) is 2.09. The first-order valence-corrected chi connectivity index (χ1v) is 7.69. The van der Waals surface area contributed by atoms with Gasteiger partial charge in [-0.05, 0) is 69.1 Å². The number of rotatable bonds is 3. The van der Waals surface area contributed by atoms with Gasteiger partial charge in [0.1, 0.15) is 0 Å². The molecule has 0 saturated heterocycles. The smallest absolute Gasteiger partial charge is 0.0662 e. The highest BCUT2D eigenvalue weighted by Crippen LogP contribution is 2.66. The lowest BCUT2D eigenvalue weighted by Gasteiger charge is -2.66. The van der Waals surface area contributed by atoms with Gasteiger partial charge in [-0.15, -0.1) is 0 Å². The predicted octanol–water partition coefficient (Wildman–Crippen LogP) is 3.09. The molecule has 4 rings (SSSR count). The van der Waals surface area contributed by atoms with E-state index >= 15 is 0 Å². The molecule has 2 N–H and O–H groups in total. The quantitative estimate of drug-likeness (QED) is 0.808. The van der Waals surface area contributed by atoms with Crippen molar-refractivity contribution in [1.82, 2.24) is 5.32 Å². The van der Waals surface area contributed by atoms with Crippen LogP contribution in [0.1, 0.15) is 66.2 Å². The van der Waals surface area contributed by atoms with Gasteiger partial charge in [0.15, 0.2) is 0 Å². The molecule has 0 aliphatic heterocycles. The van der Waals surface area contributed by atoms with Crippen LogP contribution < -0.4 is 5.32 Å². The molecule has 0 spiro atoms. The molecule has 4 fully saturated rings. The fraction of sp³-hybridized carbons (Fsp3) is 1.00. The van der Waals surface area contributed by atoms with Crippen LogP contribution in [-0.4, -0.2) is 22.8 Å². The maximum absolute atomic E-state index is 9.79. The van der Waals surface area contributed by atoms with Gasteiger partial charge >= 0.3 is 0 Å². The van der Waals surface area contributed by atoms with Gasteiger partial charge < -0.3 is 10.4 Å². The molecule has 4 aliphatic rings. The van der Waals surface area contributed by atoms with Crippen molar-refractivity contribution < 1.29 is 5.11 Å². The lowest BCUT2D eigenvalue weighted by molar-refractivity contribution is -0.123. The highest BCUT2D eigenvalue weighted by molar-refractivity contribution is 5.14. The summed E-state index contributed by atoms with van der Waals surface area (Å²) in [6.45, 7) is 9.04. The minimum Gasteiger partial charge on any atom is -0.392 e. The van der Waals surface area contributed by atoms with Crippen molar-refractivity contribution in [2.45, 2.75) is 83.9 Å². The Bertz CT molecular complexity index is 333. The zero-order valence-electron chi connectivity index (χ0n) is 12.4. The first-order chi connectivity index (χ1) is 8.23. The molecule has 2 heteroatoms. The Balaban J connectivity index is 1.85. The van der Waals surface area contributed by atoms with Crippen molar-refractivity contribution in [2.24, 2.45) is 16.7 Å². The number of aliphatic hydroxyl groups is 1. The molecule has 4 unspecified atom stereocenters. The second-order valence-electron chi connectivity index (χ2n) is 8.58. The summed E-state index contributed by atoms with van der Waals surface area (Å²) in [6.07, 6.45) is 8.04. The summed E-state index contributed by atoms with van der Waals surface area (Å²) in [4.78, 5) is 0. The zero-order chi connectivity index (χ0) is 13.2. The summed E-state index contributed by atoms with van der Waals surface area (Å²) in [5.41, 5.74) is 1.43. The molecule has 18 heavy (non-hydrogen) atoms. The van der Waals surface area contributed by atoms with Gasteiger partial charge in [-0.25, -0.2) is 0 Å². The molecule has 0 aromatic heterocycles. The molecule has 0 radical (unpaired) electrons. The second kappa shape index (κ2) is 3.73. The van der Waals surface area contributed by atoms with E-state index in [1.54, 1.807) is 0 Å². The number of hydrogen-bond acceptors (Lipinski definition) is 2. The van der Waals surface area contributed by atoms with E-state index in [4.69, 9.17) is 0 Å². The van der Waals surface area contributed by atoms with Gasteiger partial charge in [-0.1, -0.05) is 13.8 Å². The fourth-order valence-corrected chi connectivity index (χ4v) is 6.21. The number of nitrogens with one attached hydrogen (secondary N) is 1. The van der Waals surface area contributed by atoms with Gasteiger partial charge in [-0.2, -0.15) is 0 Å². The van der Waals surface area contributed by atoms with Crippen LogP contribution in [0, 0.1) is 16.7 Å². The molecule has 2 nitrogen and oxygen atoms in total. The van der Waals surface area contributed by atoms with Crippen molar-refractivity contribution in [3.63, 3.8) is 0 Å². The van der Waals surface area contributed by atoms with Crippen molar-refractivity contribution in [3.05, 3.63) is 0 Å². The normalized spacial score (nSPS) is 53.5. The van der Waals surface area contributed by atoms with E-state index in [1.807, 2.05) is 6.92 Å². The Morgan fingerprint density at radius 2 is 1.56 bits per heavy atom. The highest BCUT2D eigenvalue weighted by atomic mass is 16.3. The lowest BCUT2D eigenvalue weighted by Crippen LogP contribution is -2.66. The van der Waals surface area contributed by atoms with E-state index in [1.165, 1.54) is 38.5 Å². The molecule has 4 saturated carbocycles. The first-order valence-electron chi connectivity index (χ1n) is 7.69. The summed E-state index contributed by atoms with van der Waals surface area (Å²) in [5.74, 6) is 0.921. The largest absolute Gasteiger partial charge is 0.392 e. The minimum atomic E-state index is -0.251. The molecule has 4 bridgehead atoms. The SMILES string of the molecule is CC(O)C(C)NC12CC3CC(C)(CC(C)(C3)C1)C2. The van der Waals surface area contributed by atoms with E-state index in [2.05, 4.69) is 26.1 Å². The predicted molar refractivity (Wildman–Crippen MR) is 74.4 cm³/mol. The van der Waals surface area contributed by atoms with Crippen LogP contribution in [0.3, 0.4) is 0 Å². The van der Waals surface area contributed by atoms with E-state index in [9.17, 15) is 5.11 Å². The van der Waals surface area contributed by atoms with Gasteiger partial charge in [0.25, 0.3) is 0 Å². The summed E-state index contributed by atoms with van der Waals surface area (Å²) in [5, 5.41) is 13.6. The van der Waals surface area contributed by atoms with Crippen molar-refractivity contribution >= 4 is 0 Å². The Kier molecular flexibility index (Phi) is 2.68. The molecule has 4 atom stereocenters. The Labute approximate surface area is 112 Å². The summed E-state index contributed by atoms with van der Waals surface area (Å²) < 4.78 is 0.